The number of benzene rings is 3. The lowest BCUT2D eigenvalue weighted by molar-refractivity contribution is -0.314. The van der Waals surface area contributed by atoms with Crippen LogP contribution in [-0.2, 0) is 14.2 Å². The van der Waals surface area contributed by atoms with E-state index in [2.05, 4.69) is 10.0 Å². The van der Waals surface area contributed by atoms with Gasteiger partial charge < -0.3 is 28.8 Å². The first-order chi connectivity index (χ1) is 19.3. The summed E-state index contributed by atoms with van der Waals surface area (Å²) in [5.74, 6) is 0.710. The summed E-state index contributed by atoms with van der Waals surface area (Å²) in [5.41, 5.74) is 10.2. The molecule has 3 unspecified atom stereocenters. The standard InChI is InChI=1S/C30H35N3O6Si/c1-30(2,40(35,22-10-6-4-7-11-22)23-12-8-5-9-13-23)18-24-26(32-33-31)27(34)28-25(38-24)19-37-29(39-28)20-14-16-21(36-3)17-15-20/h4-17,24-29,34-35H,18-19H2,1-3H3/t24-,25?,26+,27?,28+,29?/m0/s1. The van der Waals surface area contributed by atoms with Crippen LogP contribution >= 0.6 is 0 Å². The molecule has 2 N–H and O–H groups in total. The normalized spacial score (nSPS) is 26.8. The average molecular weight is 562 g/mol. The lowest BCUT2D eigenvalue weighted by Crippen LogP contribution is -2.67. The van der Waals surface area contributed by atoms with Gasteiger partial charge in [0.25, 0.3) is 8.32 Å². The van der Waals surface area contributed by atoms with Crippen LogP contribution in [-0.4, -0.2) is 62.4 Å². The molecular formula is C30H35N3O6Si. The Morgan fingerprint density at radius 3 is 2.12 bits per heavy atom. The van der Waals surface area contributed by atoms with E-state index in [-0.39, 0.29) is 6.61 Å². The van der Waals surface area contributed by atoms with Crippen molar-refractivity contribution in [2.75, 3.05) is 13.7 Å². The quantitative estimate of drug-likeness (QED) is 0.186. The van der Waals surface area contributed by atoms with Crippen molar-refractivity contribution >= 4 is 18.7 Å². The number of azide groups is 1. The van der Waals surface area contributed by atoms with Gasteiger partial charge in [0.05, 0.1) is 32.0 Å². The Bertz CT molecular complexity index is 1280. The summed E-state index contributed by atoms with van der Waals surface area (Å²) in [6.45, 7) is 4.22. The Morgan fingerprint density at radius 2 is 1.57 bits per heavy atom. The van der Waals surface area contributed by atoms with Crippen LogP contribution < -0.4 is 15.1 Å². The van der Waals surface area contributed by atoms with Gasteiger partial charge >= 0.3 is 0 Å². The lowest BCUT2D eigenvalue weighted by Gasteiger charge is -2.50. The molecule has 10 heteroatoms. The van der Waals surface area contributed by atoms with E-state index in [4.69, 9.17) is 18.9 Å². The topological polar surface area (TPSA) is 126 Å². The van der Waals surface area contributed by atoms with Gasteiger partial charge in [-0.15, -0.1) is 0 Å². The molecular weight excluding hydrogens is 526 g/mol. The van der Waals surface area contributed by atoms with E-state index in [0.29, 0.717) is 12.2 Å². The molecule has 9 nitrogen and oxygen atoms in total. The van der Waals surface area contributed by atoms with Crippen LogP contribution in [0.25, 0.3) is 10.4 Å². The van der Waals surface area contributed by atoms with Crippen LogP contribution in [0.4, 0.5) is 0 Å². The maximum absolute atomic E-state index is 12.6. The molecule has 5 rings (SSSR count). The highest BCUT2D eigenvalue weighted by Crippen LogP contribution is 2.44. The third kappa shape index (κ3) is 5.27. The first-order valence-electron chi connectivity index (χ1n) is 13.4. The van der Waals surface area contributed by atoms with Gasteiger partial charge in [0.2, 0.25) is 0 Å². The van der Waals surface area contributed by atoms with Crippen LogP contribution in [0.15, 0.2) is 90.0 Å². The van der Waals surface area contributed by atoms with Crippen molar-refractivity contribution in [1.82, 2.24) is 0 Å². The molecule has 0 saturated carbocycles. The monoisotopic (exact) mass is 561 g/mol. The van der Waals surface area contributed by atoms with E-state index in [1.807, 2.05) is 98.8 Å². The fraction of sp³-hybridized carbons (Fsp3) is 0.400. The Morgan fingerprint density at radius 1 is 0.975 bits per heavy atom. The number of aliphatic hydroxyl groups is 1. The second kappa shape index (κ2) is 11.7. The molecule has 3 aromatic carbocycles. The van der Waals surface area contributed by atoms with Crippen molar-refractivity contribution in [3.05, 3.63) is 101 Å². The number of nitrogens with zero attached hydrogens (tertiary/aromatic N) is 3. The summed E-state index contributed by atoms with van der Waals surface area (Å²) in [5, 5.41) is 16.5. The van der Waals surface area contributed by atoms with Crippen LogP contribution in [0.1, 0.15) is 32.1 Å². The van der Waals surface area contributed by atoms with Gasteiger partial charge in [-0.25, -0.2) is 0 Å². The number of rotatable bonds is 8. The van der Waals surface area contributed by atoms with Crippen molar-refractivity contribution in [2.24, 2.45) is 5.11 Å². The summed E-state index contributed by atoms with van der Waals surface area (Å²) in [6.07, 6.45) is -3.49. The highest BCUT2D eigenvalue weighted by Gasteiger charge is 2.55. The lowest BCUT2D eigenvalue weighted by atomic mass is 9.88. The molecule has 3 aromatic rings. The third-order valence-electron chi connectivity index (χ3n) is 8.12. The van der Waals surface area contributed by atoms with E-state index in [1.165, 1.54) is 0 Å². The Hall–Kier alpha value is -3.21. The number of hydrogen-bond donors (Lipinski definition) is 2. The summed E-state index contributed by atoms with van der Waals surface area (Å²) in [4.78, 5) is 15.6. The molecule has 40 heavy (non-hydrogen) atoms. The maximum atomic E-state index is 12.6. The van der Waals surface area contributed by atoms with Gasteiger partial charge in [0.1, 0.15) is 18.0 Å². The number of fused-ring (bicyclic) bond motifs is 1. The van der Waals surface area contributed by atoms with Gasteiger partial charge in [0, 0.05) is 10.5 Å². The van der Waals surface area contributed by atoms with Crippen LogP contribution in [0.3, 0.4) is 0 Å². The first kappa shape index (κ1) is 28.3. The molecule has 2 aliphatic heterocycles. The van der Waals surface area contributed by atoms with Crippen molar-refractivity contribution in [3.63, 3.8) is 0 Å². The number of methoxy groups -OCH3 is 1. The van der Waals surface area contributed by atoms with Crippen molar-refractivity contribution in [1.29, 1.82) is 0 Å². The zero-order valence-corrected chi connectivity index (χ0v) is 23.8. The summed E-state index contributed by atoms with van der Waals surface area (Å²) < 4.78 is 23.8. The number of hydrogen-bond acceptors (Lipinski definition) is 7. The molecule has 0 radical (unpaired) electrons. The molecule has 2 fully saturated rings. The predicted octanol–water partition coefficient (Wildman–Crippen LogP) is 3.84. The smallest absolute Gasteiger partial charge is 0.258 e. The number of aliphatic hydroxyl groups excluding tert-OH is 1. The molecule has 0 spiro atoms. The predicted molar refractivity (Wildman–Crippen MR) is 153 cm³/mol. The highest BCUT2D eigenvalue weighted by atomic mass is 28.4. The molecule has 210 valence electrons. The molecule has 0 aromatic heterocycles. The molecule has 0 aliphatic carbocycles. The van der Waals surface area contributed by atoms with Gasteiger partial charge in [-0.05, 0) is 39.5 Å². The van der Waals surface area contributed by atoms with E-state index in [9.17, 15) is 15.4 Å². The minimum atomic E-state index is -3.36. The summed E-state index contributed by atoms with van der Waals surface area (Å²) in [7, 11) is -1.77. The third-order valence-corrected chi connectivity index (χ3v) is 12.6. The minimum Gasteiger partial charge on any atom is -0.497 e. The average Bonchev–Trinajstić information content (AvgIpc) is 2.99. The van der Waals surface area contributed by atoms with Crippen LogP contribution in [0.2, 0.25) is 5.04 Å². The Kier molecular flexibility index (Phi) is 8.30. The molecule has 2 aliphatic rings. The van der Waals surface area contributed by atoms with Crippen molar-refractivity contribution < 1.29 is 28.8 Å². The van der Waals surface area contributed by atoms with E-state index in [1.54, 1.807) is 7.11 Å². The molecule has 2 saturated heterocycles. The molecule has 2 heterocycles. The summed E-state index contributed by atoms with van der Waals surface area (Å²) in [6, 6.07) is 25.8. The fourth-order valence-corrected chi connectivity index (χ4v) is 9.69. The van der Waals surface area contributed by atoms with Crippen LogP contribution in [0.5, 0.6) is 5.75 Å². The minimum absolute atomic E-state index is 0.192. The number of ether oxygens (including phenoxy) is 4. The van der Waals surface area contributed by atoms with Crippen molar-refractivity contribution in [2.45, 2.75) is 62.1 Å². The second-order valence-electron chi connectivity index (χ2n) is 11.0. The SMILES string of the molecule is COc1ccc(C2OCC3O[C@@H](CC(C)(C)[Si](O)(c4ccccc4)c4ccccc4)[C@@H](N=[N+]=[N-])C(O)[C@@H]3O2)cc1. The molecule has 0 bridgehead atoms. The Labute approximate surface area is 235 Å². The van der Waals surface area contributed by atoms with Gasteiger partial charge in [-0.3, -0.25) is 0 Å². The Balaban J connectivity index is 1.42. The molecule has 0 amide bonds. The van der Waals surface area contributed by atoms with E-state index in [0.717, 1.165) is 15.9 Å². The largest absolute Gasteiger partial charge is 0.497 e. The molecule has 6 atom stereocenters. The maximum Gasteiger partial charge on any atom is 0.258 e. The van der Waals surface area contributed by atoms with Crippen LogP contribution in [0, 0.1) is 0 Å². The fourth-order valence-electron chi connectivity index (χ4n) is 5.95. The zero-order valence-electron chi connectivity index (χ0n) is 22.8. The van der Waals surface area contributed by atoms with Gasteiger partial charge in [-0.2, -0.15) is 0 Å². The second-order valence-corrected chi connectivity index (χ2v) is 14.9. The van der Waals surface area contributed by atoms with E-state index < -0.39 is 50.1 Å². The van der Waals surface area contributed by atoms with Gasteiger partial charge in [-0.1, -0.05) is 91.8 Å². The van der Waals surface area contributed by atoms with Crippen molar-refractivity contribution in [3.8, 4) is 5.75 Å². The van der Waals surface area contributed by atoms with E-state index >= 15 is 0 Å². The summed E-state index contributed by atoms with van der Waals surface area (Å²) >= 11 is 0. The van der Waals surface area contributed by atoms with Gasteiger partial charge in [0.15, 0.2) is 6.29 Å². The highest BCUT2D eigenvalue weighted by molar-refractivity contribution is 6.98. The first-order valence-corrected chi connectivity index (χ1v) is 15.4. The zero-order chi connectivity index (χ0) is 28.3.